The van der Waals surface area contributed by atoms with Crippen LogP contribution in [0.3, 0.4) is 0 Å². The van der Waals surface area contributed by atoms with Crippen LogP contribution in [-0.4, -0.2) is 8.42 Å². The fourth-order valence-corrected chi connectivity index (χ4v) is 5.86. The highest BCUT2D eigenvalue weighted by molar-refractivity contribution is 9.10. The molecule has 0 radical (unpaired) electrons. The lowest BCUT2D eigenvalue weighted by molar-refractivity contribution is 0.582. The molecule has 3 nitrogen and oxygen atoms in total. The average Bonchev–Trinajstić information content (AvgIpc) is 2.82. The molecule has 0 unspecified atom stereocenters. The fourth-order valence-electron chi connectivity index (χ4n) is 1.20. The van der Waals surface area contributed by atoms with Crippen molar-refractivity contribution < 1.29 is 8.42 Å². The van der Waals surface area contributed by atoms with Gasteiger partial charge in [0, 0.05) is 15.9 Å². The van der Waals surface area contributed by atoms with Crippen LogP contribution in [0.5, 0.6) is 0 Å². The molecule has 9 heteroatoms. The SMILES string of the molecule is O=S(=O)(NCc1sccc1Br)c1cc(Cl)sc1Cl. The average molecular weight is 407 g/mol. The zero-order chi connectivity index (χ0) is 13.3. The number of hydrogen-bond donors (Lipinski definition) is 1. The predicted octanol–water partition coefficient (Wildman–Crippen LogP) is 4.36. The number of rotatable bonds is 4. The molecule has 2 heterocycles. The Morgan fingerprint density at radius 2 is 2.11 bits per heavy atom. The van der Waals surface area contributed by atoms with E-state index in [2.05, 4.69) is 20.7 Å². The first-order valence-corrected chi connectivity index (χ1v) is 9.29. The van der Waals surface area contributed by atoms with E-state index in [1.807, 2.05) is 11.4 Å². The fraction of sp³-hybridized carbons (Fsp3) is 0.111. The van der Waals surface area contributed by atoms with Crippen LogP contribution in [0.15, 0.2) is 26.9 Å². The summed E-state index contributed by atoms with van der Waals surface area (Å²) in [6.07, 6.45) is 0. The highest BCUT2D eigenvalue weighted by Gasteiger charge is 2.21. The lowest BCUT2D eigenvalue weighted by Gasteiger charge is -2.04. The van der Waals surface area contributed by atoms with Crippen molar-refractivity contribution in [2.45, 2.75) is 11.4 Å². The lowest BCUT2D eigenvalue weighted by Crippen LogP contribution is -2.22. The van der Waals surface area contributed by atoms with Gasteiger partial charge in [-0.2, -0.15) is 0 Å². The first kappa shape index (κ1) is 14.8. The maximum absolute atomic E-state index is 12.0. The Bertz CT molecular complexity index is 665. The third-order valence-electron chi connectivity index (χ3n) is 2.03. The lowest BCUT2D eigenvalue weighted by atomic mass is 10.5. The molecule has 0 saturated heterocycles. The number of sulfonamides is 1. The first-order chi connectivity index (χ1) is 8.40. The van der Waals surface area contributed by atoms with E-state index in [1.165, 1.54) is 17.4 Å². The molecule has 1 N–H and O–H groups in total. The number of thiophene rings is 2. The van der Waals surface area contributed by atoms with Gasteiger partial charge in [0.25, 0.3) is 0 Å². The summed E-state index contributed by atoms with van der Waals surface area (Å²) in [6.45, 7) is 0.213. The van der Waals surface area contributed by atoms with Crippen LogP contribution < -0.4 is 4.72 Å². The number of halogens is 3. The largest absolute Gasteiger partial charge is 0.243 e. The quantitative estimate of drug-likeness (QED) is 0.819. The molecular formula is C9H6BrCl2NO2S3. The molecule has 0 amide bonds. The minimum absolute atomic E-state index is 0.0202. The second-order valence-electron chi connectivity index (χ2n) is 3.20. The van der Waals surface area contributed by atoms with E-state index in [4.69, 9.17) is 23.2 Å². The van der Waals surface area contributed by atoms with Crippen molar-refractivity contribution in [1.82, 2.24) is 4.72 Å². The van der Waals surface area contributed by atoms with Crippen LogP contribution in [0.1, 0.15) is 4.88 Å². The summed E-state index contributed by atoms with van der Waals surface area (Å²) in [6, 6.07) is 3.21. The highest BCUT2D eigenvalue weighted by atomic mass is 79.9. The van der Waals surface area contributed by atoms with Gasteiger partial charge >= 0.3 is 0 Å². The van der Waals surface area contributed by atoms with E-state index < -0.39 is 10.0 Å². The van der Waals surface area contributed by atoms with E-state index >= 15 is 0 Å². The van der Waals surface area contributed by atoms with Crippen LogP contribution in [0.2, 0.25) is 8.67 Å². The first-order valence-electron chi connectivity index (χ1n) is 4.56. The monoisotopic (exact) mass is 405 g/mol. The Morgan fingerprint density at radius 3 is 2.61 bits per heavy atom. The predicted molar refractivity (Wildman–Crippen MR) is 80.4 cm³/mol. The van der Waals surface area contributed by atoms with Gasteiger partial charge in [-0.15, -0.1) is 22.7 Å². The molecule has 0 saturated carbocycles. The maximum Gasteiger partial charge on any atom is 0.243 e. The molecular weight excluding hydrogens is 401 g/mol. The van der Waals surface area contributed by atoms with Gasteiger partial charge in [0.05, 0.1) is 4.34 Å². The van der Waals surface area contributed by atoms with E-state index in [9.17, 15) is 8.42 Å². The number of hydrogen-bond acceptors (Lipinski definition) is 4. The van der Waals surface area contributed by atoms with Crippen LogP contribution >= 0.6 is 61.8 Å². The van der Waals surface area contributed by atoms with E-state index in [0.717, 1.165) is 20.7 Å². The standard InChI is InChI=1S/C9H6BrCl2NO2S3/c10-5-1-2-16-6(5)4-13-18(14,15)7-3-8(11)17-9(7)12/h1-3,13H,4H2. The highest BCUT2D eigenvalue weighted by Crippen LogP contribution is 2.34. The summed E-state index contributed by atoms with van der Waals surface area (Å²) in [5.74, 6) is 0. The third kappa shape index (κ3) is 3.27. The summed E-state index contributed by atoms with van der Waals surface area (Å²) >= 11 is 17.4. The maximum atomic E-state index is 12.0. The van der Waals surface area contributed by atoms with Crippen molar-refractivity contribution >= 4 is 71.8 Å². The van der Waals surface area contributed by atoms with Crippen LogP contribution in [0, 0.1) is 0 Å². The van der Waals surface area contributed by atoms with Gasteiger partial charge in [0.15, 0.2) is 0 Å². The molecule has 0 spiro atoms. The molecule has 0 aromatic carbocycles. The zero-order valence-electron chi connectivity index (χ0n) is 8.61. The molecule has 0 aliphatic rings. The van der Waals surface area contributed by atoms with E-state index in [-0.39, 0.29) is 15.8 Å². The molecule has 98 valence electrons. The second kappa shape index (κ2) is 5.78. The van der Waals surface area contributed by atoms with Gasteiger partial charge < -0.3 is 0 Å². The van der Waals surface area contributed by atoms with Gasteiger partial charge in [-0.1, -0.05) is 23.2 Å². The van der Waals surface area contributed by atoms with Crippen molar-refractivity contribution in [3.8, 4) is 0 Å². The summed E-state index contributed by atoms with van der Waals surface area (Å²) in [5, 5.41) is 1.88. The Balaban J connectivity index is 2.18. The topological polar surface area (TPSA) is 46.2 Å². The Labute approximate surface area is 131 Å². The summed E-state index contributed by atoms with van der Waals surface area (Å²) in [4.78, 5) is 0.919. The van der Waals surface area contributed by atoms with Gasteiger partial charge in [-0.25, -0.2) is 13.1 Å². The van der Waals surface area contributed by atoms with Gasteiger partial charge in [0.2, 0.25) is 10.0 Å². The second-order valence-corrected chi connectivity index (χ2v) is 9.08. The van der Waals surface area contributed by atoms with E-state index in [1.54, 1.807) is 0 Å². The van der Waals surface area contributed by atoms with Gasteiger partial charge in [-0.05, 0) is 33.4 Å². The Morgan fingerprint density at radius 1 is 1.39 bits per heavy atom. The smallest absolute Gasteiger partial charge is 0.207 e. The third-order valence-corrected chi connectivity index (χ3v) is 7.11. The van der Waals surface area contributed by atoms with Gasteiger partial charge in [-0.3, -0.25) is 0 Å². The van der Waals surface area contributed by atoms with Crippen molar-refractivity contribution in [2.75, 3.05) is 0 Å². The van der Waals surface area contributed by atoms with Crippen molar-refractivity contribution in [3.05, 3.63) is 35.5 Å². The summed E-state index contributed by atoms with van der Waals surface area (Å²) in [5.41, 5.74) is 0. The molecule has 0 fully saturated rings. The summed E-state index contributed by atoms with van der Waals surface area (Å²) in [7, 11) is -3.63. The minimum atomic E-state index is -3.63. The summed E-state index contributed by atoms with van der Waals surface area (Å²) < 4.78 is 27.9. The molecule has 2 aromatic rings. The molecule has 2 rings (SSSR count). The molecule has 0 bridgehead atoms. The molecule has 0 aliphatic heterocycles. The van der Waals surface area contributed by atoms with Crippen molar-refractivity contribution in [1.29, 1.82) is 0 Å². The molecule has 18 heavy (non-hydrogen) atoms. The van der Waals surface area contributed by atoms with Crippen molar-refractivity contribution in [3.63, 3.8) is 0 Å². The molecule has 2 aromatic heterocycles. The van der Waals surface area contributed by atoms with Crippen LogP contribution in [-0.2, 0) is 16.6 Å². The zero-order valence-corrected chi connectivity index (χ0v) is 14.2. The van der Waals surface area contributed by atoms with Crippen LogP contribution in [0.4, 0.5) is 0 Å². The minimum Gasteiger partial charge on any atom is -0.207 e. The van der Waals surface area contributed by atoms with Gasteiger partial charge in [0.1, 0.15) is 9.23 Å². The molecule has 0 aliphatic carbocycles. The van der Waals surface area contributed by atoms with Crippen molar-refractivity contribution in [2.24, 2.45) is 0 Å². The normalized spacial score (nSPS) is 11.9. The molecule has 0 atom stereocenters. The Hall–Kier alpha value is 0.370. The Kier molecular flexibility index (Phi) is 4.75. The van der Waals surface area contributed by atoms with Crippen LogP contribution in [0.25, 0.3) is 0 Å². The van der Waals surface area contributed by atoms with E-state index in [0.29, 0.717) is 4.34 Å². The number of nitrogens with one attached hydrogen (secondary N) is 1.